The number of halogens is 1. The summed E-state index contributed by atoms with van der Waals surface area (Å²) in [7, 11) is 1.57. The van der Waals surface area contributed by atoms with Crippen molar-refractivity contribution in [3.8, 4) is 5.75 Å². The Hall–Kier alpha value is -4.69. The van der Waals surface area contributed by atoms with E-state index in [1.165, 1.54) is 42.1 Å². The van der Waals surface area contributed by atoms with Gasteiger partial charge in [-0.15, -0.1) is 11.8 Å². The number of methoxy groups -OCH3 is 1. The summed E-state index contributed by atoms with van der Waals surface area (Å²) in [5.41, 5.74) is 2.04. The first-order valence-corrected chi connectivity index (χ1v) is 12.9. The molecule has 2 amide bonds. The monoisotopic (exact) mass is 540 g/mol. The number of nitrogens with one attached hydrogen (secondary N) is 2. The fraction of sp³-hybridized carbons (Fsp3) is 0.0645. The Bertz CT molecular complexity index is 1470. The lowest BCUT2D eigenvalue weighted by atomic mass is 10.1. The Morgan fingerprint density at radius 2 is 1.49 bits per heavy atom. The number of ketones is 1. The maximum absolute atomic E-state index is 13.4. The Morgan fingerprint density at radius 1 is 0.821 bits per heavy atom. The number of Topliss-reactive ketones (excluding diaryl/α,β-unsaturated/α-hetero) is 1. The number of carbonyl (C=O) groups excluding carboxylic acids is 3. The van der Waals surface area contributed by atoms with Crippen molar-refractivity contribution in [1.29, 1.82) is 0 Å². The summed E-state index contributed by atoms with van der Waals surface area (Å²) in [6.45, 7) is 0. The Balaban J connectivity index is 1.42. The largest absolute Gasteiger partial charge is 0.497 e. The van der Waals surface area contributed by atoms with Gasteiger partial charge >= 0.3 is 0 Å². The molecule has 0 spiro atoms. The molecule has 0 radical (unpaired) electrons. The van der Waals surface area contributed by atoms with Crippen LogP contribution in [0.4, 0.5) is 10.1 Å². The van der Waals surface area contributed by atoms with E-state index in [9.17, 15) is 18.8 Å². The summed E-state index contributed by atoms with van der Waals surface area (Å²) < 4.78 is 18.5. The number of carbonyl (C=O) groups is 3. The second kappa shape index (κ2) is 13.2. The van der Waals surface area contributed by atoms with Crippen molar-refractivity contribution in [2.45, 2.75) is 4.90 Å². The van der Waals surface area contributed by atoms with Crippen molar-refractivity contribution < 1.29 is 23.5 Å². The number of thioether (sulfide) groups is 1. The van der Waals surface area contributed by atoms with E-state index in [4.69, 9.17) is 4.74 Å². The second-order valence-electron chi connectivity index (χ2n) is 8.35. The van der Waals surface area contributed by atoms with Crippen molar-refractivity contribution in [1.82, 2.24) is 5.32 Å². The highest BCUT2D eigenvalue weighted by molar-refractivity contribution is 8.00. The summed E-state index contributed by atoms with van der Waals surface area (Å²) in [6, 6.07) is 28.1. The molecule has 0 aliphatic heterocycles. The molecule has 0 fully saturated rings. The molecule has 4 aromatic rings. The van der Waals surface area contributed by atoms with Crippen LogP contribution in [-0.4, -0.2) is 30.5 Å². The van der Waals surface area contributed by atoms with Crippen molar-refractivity contribution in [3.05, 3.63) is 131 Å². The Morgan fingerprint density at radius 3 is 2.13 bits per heavy atom. The van der Waals surface area contributed by atoms with E-state index in [-0.39, 0.29) is 17.2 Å². The van der Waals surface area contributed by atoms with Gasteiger partial charge in [-0.1, -0.05) is 30.3 Å². The minimum Gasteiger partial charge on any atom is -0.497 e. The molecule has 0 saturated heterocycles. The van der Waals surface area contributed by atoms with Crippen LogP contribution in [0.5, 0.6) is 5.75 Å². The molecule has 6 nitrogen and oxygen atoms in total. The Labute approximate surface area is 229 Å². The number of anilines is 1. The standard InChI is InChI=1S/C31H25FN2O4S/c1-38-26-15-9-22(10-16-26)29(35)20-39-27-17-13-25(14-18-27)33-31(37)28(19-21-7-11-24(32)12-8-21)34-30(36)23-5-3-2-4-6-23/h2-19H,20H2,1H3,(H,33,37)(H,34,36)/b28-19-. The number of hydrogen-bond acceptors (Lipinski definition) is 5. The quantitative estimate of drug-likeness (QED) is 0.142. The van der Waals surface area contributed by atoms with E-state index < -0.39 is 17.6 Å². The maximum atomic E-state index is 13.4. The fourth-order valence-electron chi connectivity index (χ4n) is 3.51. The molecule has 0 atom stereocenters. The number of amides is 2. The van der Waals surface area contributed by atoms with Gasteiger partial charge in [-0.25, -0.2) is 4.39 Å². The number of ether oxygens (including phenoxy) is 1. The highest BCUT2D eigenvalue weighted by atomic mass is 32.2. The molecule has 0 aliphatic carbocycles. The first-order valence-electron chi connectivity index (χ1n) is 12.0. The van der Waals surface area contributed by atoms with E-state index in [0.717, 1.165) is 4.90 Å². The Kier molecular flexibility index (Phi) is 9.26. The maximum Gasteiger partial charge on any atom is 0.272 e. The van der Waals surface area contributed by atoms with Crippen LogP contribution in [0.3, 0.4) is 0 Å². The predicted octanol–water partition coefficient (Wildman–Crippen LogP) is 6.22. The van der Waals surface area contributed by atoms with Crippen LogP contribution in [0.25, 0.3) is 6.08 Å². The van der Waals surface area contributed by atoms with Crippen LogP contribution < -0.4 is 15.4 Å². The zero-order chi connectivity index (χ0) is 27.6. The van der Waals surface area contributed by atoms with Gasteiger partial charge in [-0.2, -0.15) is 0 Å². The van der Waals surface area contributed by atoms with Crippen LogP contribution in [-0.2, 0) is 4.79 Å². The van der Waals surface area contributed by atoms with Gasteiger partial charge in [0, 0.05) is 21.7 Å². The van der Waals surface area contributed by atoms with Crippen molar-refractivity contribution >= 4 is 41.1 Å². The molecule has 8 heteroatoms. The predicted molar refractivity (Wildman–Crippen MR) is 151 cm³/mol. The van der Waals surface area contributed by atoms with Gasteiger partial charge in [0.1, 0.15) is 17.3 Å². The molecule has 39 heavy (non-hydrogen) atoms. The summed E-state index contributed by atoms with van der Waals surface area (Å²) in [4.78, 5) is 39.2. The average molecular weight is 541 g/mol. The van der Waals surface area contributed by atoms with Gasteiger partial charge in [0.25, 0.3) is 11.8 Å². The molecule has 0 unspecified atom stereocenters. The number of rotatable bonds is 10. The lowest BCUT2D eigenvalue weighted by Crippen LogP contribution is -2.30. The molecule has 2 N–H and O–H groups in total. The van der Waals surface area contributed by atoms with Crippen LogP contribution in [0.1, 0.15) is 26.3 Å². The minimum atomic E-state index is -0.543. The van der Waals surface area contributed by atoms with E-state index in [2.05, 4.69) is 10.6 Å². The lowest BCUT2D eigenvalue weighted by Gasteiger charge is -2.12. The SMILES string of the molecule is COc1ccc(C(=O)CSc2ccc(NC(=O)/C(=C/c3ccc(F)cc3)NC(=O)c3ccccc3)cc2)cc1. The van der Waals surface area contributed by atoms with E-state index >= 15 is 0 Å². The lowest BCUT2D eigenvalue weighted by molar-refractivity contribution is -0.113. The molecule has 0 bridgehead atoms. The second-order valence-corrected chi connectivity index (χ2v) is 9.40. The van der Waals surface area contributed by atoms with Crippen molar-refractivity contribution in [2.75, 3.05) is 18.2 Å². The molecular formula is C31H25FN2O4S. The topological polar surface area (TPSA) is 84.5 Å². The third kappa shape index (κ3) is 7.90. The first-order chi connectivity index (χ1) is 18.9. The van der Waals surface area contributed by atoms with Crippen LogP contribution >= 0.6 is 11.8 Å². The molecule has 0 aromatic heterocycles. The third-order valence-electron chi connectivity index (χ3n) is 5.60. The highest BCUT2D eigenvalue weighted by Crippen LogP contribution is 2.22. The van der Waals surface area contributed by atoms with E-state index in [1.807, 2.05) is 0 Å². The molecule has 0 saturated carbocycles. The molecule has 0 heterocycles. The first kappa shape index (κ1) is 27.3. The van der Waals surface area contributed by atoms with Gasteiger partial charge < -0.3 is 15.4 Å². The van der Waals surface area contributed by atoms with Crippen LogP contribution in [0.15, 0.2) is 114 Å². The van der Waals surface area contributed by atoms with Gasteiger partial charge in [0.2, 0.25) is 0 Å². The van der Waals surface area contributed by atoms with Gasteiger partial charge in [0.15, 0.2) is 5.78 Å². The van der Waals surface area contributed by atoms with Crippen molar-refractivity contribution in [2.24, 2.45) is 0 Å². The fourth-order valence-corrected chi connectivity index (χ4v) is 4.30. The van der Waals surface area contributed by atoms with E-state index in [1.54, 1.807) is 86.0 Å². The smallest absolute Gasteiger partial charge is 0.272 e. The molecule has 4 aromatic carbocycles. The highest BCUT2D eigenvalue weighted by Gasteiger charge is 2.15. The molecular weight excluding hydrogens is 515 g/mol. The number of benzene rings is 4. The van der Waals surface area contributed by atoms with Crippen molar-refractivity contribution in [3.63, 3.8) is 0 Å². The molecule has 4 rings (SSSR count). The summed E-state index contributed by atoms with van der Waals surface area (Å²) >= 11 is 1.38. The van der Waals surface area contributed by atoms with Crippen LogP contribution in [0.2, 0.25) is 0 Å². The zero-order valence-corrected chi connectivity index (χ0v) is 21.8. The van der Waals surface area contributed by atoms with Crippen LogP contribution in [0, 0.1) is 5.82 Å². The minimum absolute atomic E-state index is 0.000925. The normalized spacial score (nSPS) is 11.0. The molecule has 0 aliphatic rings. The summed E-state index contributed by atoms with van der Waals surface area (Å²) in [5, 5.41) is 5.43. The van der Waals surface area contributed by atoms with E-state index in [0.29, 0.717) is 28.1 Å². The third-order valence-corrected chi connectivity index (χ3v) is 6.62. The van der Waals surface area contributed by atoms with Gasteiger partial charge in [-0.05, 0) is 84.4 Å². The average Bonchev–Trinajstić information content (AvgIpc) is 2.97. The summed E-state index contributed by atoms with van der Waals surface area (Å²) in [5.74, 6) is -0.466. The molecule has 196 valence electrons. The van der Waals surface area contributed by atoms with Gasteiger partial charge in [0.05, 0.1) is 12.9 Å². The zero-order valence-electron chi connectivity index (χ0n) is 21.0. The number of hydrogen-bond donors (Lipinski definition) is 2. The van der Waals surface area contributed by atoms with Gasteiger partial charge in [-0.3, -0.25) is 14.4 Å². The summed E-state index contributed by atoms with van der Waals surface area (Å²) in [6.07, 6.45) is 1.48.